The SMILES string of the molecule is c1ccc(CC2OCOO2)cc1. The van der Waals surface area contributed by atoms with E-state index in [1.165, 1.54) is 5.56 Å². The van der Waals surface area contributed by atoms with E-state index in [-0.39, 0.29) is 13.1 Å². The molecular formula is C9H10O3. The Morgan fingerprint density at radius 2 is 2.08 bits per heavy atom. The van der Waals surface area contributed by atoms with Crippen molar-refractivity contribution in [3.05, 3.63) is 35.9 Å². The summed E-state index contributed by atoms with van der Waals surface area (Å²) in [6, 6.07) is 10.0. The van der Waals surface area contributed by atoms with E-state index >= 15 is 0 Å². The maximum Gasteiger partial charge on any atom is 0.198 e. The van der Waals surface area contributed by atoms with Crippen LogP contribution in [0.4, 0.5) is 0 Å². The highest BCUT2D eigenvalue weighted by atomic mass is 17.3. The monoisotopic (exact) mass is 166 g/mol. The van der Waals surface area contributed by atoms with Crippen LogP contribution in [0.2, 0.25) is 0 Å². The summed E-state index contributed by atoms with van der Waals surface area (Å²) < 4.78 is 5.11. The molecule has 1 aliphatic heterocycles. The fourth-order valence-corrected chi connectivity index (χ4v) is 1.13. The van der Waals surface area contributed by atoms with Crippen LogP contribution < -0.4 is 0 Å². The number of ether oxygens (including phenoxy) is 1. The van der Waals surface area contributed by atoms with Gasteiger partial charge in [0.2, 0.25) is 0 Å². The summed E-state index contributed by atoms with van der Waals surface area (Å²) in [6.45, 7) is 0.234. The molecule has 64 valence electrons. The van der Waals surface area contributed by atoms with Crippen molar-refractivity contribution in [2.45, 2.75) is 12.7 Å². The molecular weight excluding hydrogens is 156 g/mol. The lowest BCUT2D eigenvalue weighted by Gasteiger charge is -2.04. The van der Waals surface area contributed by atoms with Gasteiger partial charge < -0.3 is 4.74 Å². The highest BCUT2D eigenvalue weighted by Crippen LogP contribution is 2.11. The Bertz CT molecular complexity index is 229. The Hall–Kier alpha value is -0.900. The average Bonchev–Trinajstić information content (AvgIpc) is 2.59. The molecule has 0 saturated carbocycles. The summed E-state index contributed by atoms with van der Waals surface area (Å²) in [4.78, 5) is 9.44. The van der Waals surface area contributed by atoms with Crippen molar-refractivity contribution < 1.29 is 14.5 Å². The fourth-order valence-electron chi connectivity index (χ4n) is 1.13. The molecule has 1 aliphatic rings. The van der Waals surface area contributed by atoms with Crippen molar-refractivity contribution in [1.82, 2.24) is 0 Å². The predicted molar refractivity (Wildman–Crippen MR) is 42.1 cm³/mol. The van der Waals surface area contributed by atoms with E-state index in [4.69, 9.17) is 9.62 Å². The van der Waals surface area contributed by atoms with Crippen molar-refractivity contribution >= 4 is 0 Å². The first-order chi connectivity index (χ1) is 5.95. The molecule has 1 aromatic carbocycles. The molecule has 3 heteroatoms. The lowest BCUT2D eigenvalue weighted by molar-refractivity contribution is -0.276. The second-order valence-corrected chi connectivity index (χ2v) is 2.62. The van der Waals surface area contributed by atoms with Crippen LogP contribution in [0.1, 0.15) is 5.56 Å². The zero-order valence-electron chi connectivity index (χ0n) is 6.60. The highest BCUT2D eigenvalue weighted by Gasteiger charge is 2.17. The lowest BCUT2D eigenvalue weighted by Crippen LogP contribution is -2.10. The van der Waals surface area contributed by atoms with Crippen LogP contribution in [0.5, 0.6) is 0 Å². The minimum atomic E-state index is -0.243. The summed E-state index contributed by atoms with van der Waals surface area (Å²) >= 11 is 0. The Morgan fingerprint density at radius 3 is 2.75 bits per heavy atom. The van der Waals surface area contributed by atoms with E-state index in [0.29, 0.717) is 0 Å². The first-order valence-electron chi connectivity index (χ1n) is 3.89. The zero-order chi connectivity index (χ0) is 8.23. The maximum atomic E-state index is 5.11. The van der Waals surface area contributed by atoms with Gasteiger partial charge in [0.05, 0.1) is 0 Å². The molecule has 3 nitrogen and oxygen atoms in total. The van der Waals surface area contributed by atoms with Gasteiger partial charge in [0, 0.05) is 6.42 Å². The molecule has 0 aliphatic carbocycles. The third-order valence-corrected chi connectivity index (χ3v) is 1.72. The molecule has 0 N–H and O–H groups in total. The molecule has 0 bridgehead atoms. The third kappa shape index (κ3) is 1.82. The second-order valence-electron chi connectivity index (χ2n) is 2.62. The number of hydrogen-bond acceptors (Lipinski definition) is 3. The van der Waals surface area contributed by atoms with E-state index in [0.717, 1.165) is 6.42 Å². The first-order valence-corrected chi connectivity index (χ1v) is 3.89. The normalized spacial score (nSPS) is 22.8. The molecule has 0 amide bonds. The largest absolute Gasteiger partial charge is 0.320 e. The van der Waals surface area contributed by atoms with E-state index in [1.54, 1.807) is 0 Å². The van der Waals surface area contributed by atoms with E-state index in [9.17, 15) is 0 Å². The van der Waals surface area contributed by atoms with Crippen LogP contribution in [-0.4, -0.2) is 13.1 Å². The summed E-state index contributed by atoms with van der Waals surface area (Å²) in [5, 5.41) is 0. The smallest absolute Gasteiger partial charge is 0.198 e. The summed E-state index contributed by atoms with van der Waals surface area (Å²) in [7, 11) is 0. The van der Waals surface area contributed by atoms with E-state index in [2.05, 4.69) is 4.89 Å². The van der Waals surface area contributed by atoms with Crippen LogP contribution in [0, 0.1) is 0 Å². The van der Waals surface area contributed by atoms with Gasteiger partial charge in [0.15, 0.2) is 13.1 Å². The molecule has 1 fully saturated rings. The standard InChI is InChI=1S/C9H10O3/c1-2-4-8(5-3-1)6-9-10-7-11-12-9/h1-5,9H,6-7H2. The van der Waals surface area contributed by atoms with Gasteiger partial charge in [-0.3, -0.25) is 0 Å². The molecule has 1 aromatic rings. The summed E-state index contributed by atoms with van der Waals surface area (Å²) in [5.74, 6) is 0. The van der Waals surface area contributed by atoms with Crippen LogP contribution in [0.15, 0.2) is 30.3 Å². The molecule has 0 aromatic heterocycles. The first kappa shape index (κ1) is 7.73. The Balaban J connectivity index is 1.94. The van der Waals surface area contributed by atoms with Gasteiger partial charge in [0.1, 0.15) is 0 Å². The molecule has 0 spiro atoms. The van der Waals surface area contributed by atoms with Gasteiger partial charge in [-0.1, -0.05) is 30.3 Å². The van der Waals surface area contributed by atoms with Gasteiger partial charge >= 0.3 is 0 Å². The maximum absolute atomic E-state index is 5.11. The number of rotatable bonds is 2. The fraction of sp³-hybridized carbons (Fsp3) is 0.333. The molecule has 1 atom stereocenters. The van der Waals surface area contributed by atoms with Crippen LogP contribution in [-0.2, 0) is 20.9 Å². The Labute approximate surface area is 70.8 Å². The van der Waals surface area contributed by atoms with Crippen LogP contribution >= 0.6 is 0 Å². The van der Waals surface area contributed by atoms with Crippen LogP contribution in [0.25, 0.3) is 0 Å². The van der Waals surface area contributed by atoms with Gasteiger partial charge in [-0.05, 0) is 5.56 Å². The van der Waals surface area contributed by atoms with Crippen molar-refractivity contribution in [1.29, 1.82) is 0 Å². The van der Waals surface area contributed by atoms with Crippen molar-refractivity contribution in [3.63, 3.8) is 0 Å². The summed E-state index contributed by atoms with van der Waals surface area (Å²) in [6.07, 6.45) is 0.494. The molecule has 1 heterocycles. The summed E-state index contributed by atoms with van der Waals surface area (Å²) in [5.41, 5.74) is 1.19. The third-order valence-electron chi connectivity index (χ3n) is 1.72. The average molecular weight is 166 g/mol. The number of benzene rings is 1. The van der Waals surface area contributed by atoms with Crippen molar-refractivity contribution in [2.75, 3.05) is 6.79 Å². The van der Waals surface area contributed by atoms with Crippen molar-refractivity contribution in [3.8, 4) is 0 Å². The topological polar surface area (TPSA) is 27.7 Å². The van der Waals surface area contributed by atoms with E-state index < -0.39 is 0 Å². The minimum Gasteiger partial charge on any atom is -0.320 e. The Kier molecular flexibility index (Phi) is 2.36. The molecule has 0 radical (unpaired) electrons. The minimum absolute atomic E-state index is 0.234. The van der Waals surface area contributed by atoms with Gasteiger partial charge in [-0.15, -0.1) is 0 Å². The van der Waals surface area contributed by atoms with Gasteiger partial charge in [0.25, 0.3) is 0 Å². The Morgan fingerprint density at radius 1 is 1.25 bits per heavy atom. The molecule has 12 heavy (non-hydrogen) atoms. The number of hydrogen-bond donors (Lipinski definition) is 0. The second kappa shape index (κ2) is 3.67. The molecule has 1 saturated heterocycles. The quantitative estimate of drug-likeness (QED) is 0.623. The highest BCUT2D eigenvalue weighted by molar-refractivity contribution is 5.14. The zero-order valence-corrected chi connectivity index (χ0v) is 6.60. The predicted octanol–water partition coefficient (Wildman–Crippen LogP) is 1.49. The van der Waals surface area contributed by atoms with Crippen molar-refractivity contribution in [2.24, 2.45) is 0 Å². The lowest BCUT2D eigenvalue weighted by atomic mass is 10.1. The van der Waals surface area contributed by atoms with E-state index in [1.807, 2.05) is 30.3 Å². The molecule has 2 rings (SSSR count). The van der Waals surface area contributed by atoms with Gasteiger partial charge in [-0.2, -0.15) is 0 Å². The van der Waals surface area contributed by atoms with Gasteiger partial charge in [-0.25, -0.2) is 9.78 Å². The van der Waals surface area contributed by atoms with Crippen LogP contribution in [0.3, 0.4) is 0 Å². The molecule has 1 unspecified atom stereocenters.